The summed E-state index contributed by atoms with van der Waals surface area (Å²) in [5.41, 5.74) is -0.195. The first-order valence-corrected chi connectivity index (χ1v) is 7.81. The zero-order valence-electron chi connectivity index (χ0n) is 14.7. The van der Waals surface area contributed by atoms with Crippen LogP contribution < -0.4 is 14.2 Å². The fourth-order valence-electron chi connectivity index (χ4n) is 3.00. The van der Waals surface area contributed by atoms with E-state index in [-0.39, 0.29) is 28.4 Å². The Balaban J connectivity index is 2.17. The van der Waals surface area contributed by atoms with Crippen molar-refractivity contribution in [1.29, 1.82) is 0 Å². The SMILES string of the molecule is COc1ccc(C2Oc3cc(OC)c(O)c(O)c3C(=O)C2OC)c(O)c1O. The Bertz CT molecular complexity index is 906. The van der Waals surface area contributed by atoms with Crippen LogP contribution in [0.3, 0.4) is 0 Å². The van der Waals surface area contributed by atoms with Crippen LogP contribution >= 0.6 is 0 Å². The molecule has 0 radical (unpaired) electrons. The van der Waals surface area contributed by atoms with Crippen LogP contribution in [0.15, 0.2) is 18.2 Å². The third kappa shape index (κ3) is 2.72. The molecule has 0 bridgehead atoms. The van der Waals surface area contributed by atoms with Gasteiger partial charge in [0, 0.05) is 18.7 Å². The molecule has 0 aliphatic carbocycles. The molecule has 1 aliphatic heterocycles. The number of benzene rings is 2. The molecular formula is C18H18O9. The highest BCUT2D eigenvalue weighted by molar-refractivity contribution is 6.06. The molecule has 1 aliphatic rings. The van der Waals surface area contributed by atoms with E-state index in [1.54, 1.807) is 0 Å². The lowest BCUT2D eigenvalue weighted by Gasteiger charge is -2.33. The maximum absolute atomic E-state index is 12.8. The fourth-order valence-corrected chi connectivity index (χ4v) is 3.00. The Morgan fingerprint density at radius 2 is 1.52 bits per heavy atom. The predicted molar refractivity (Wildman–Crippen MR) is 91.1 cm³/mol. The van der Waals surface area contributed by atoms with Gasteiger partial charge in [-0.15, -0.1) is 0 Å². The van der Waals surface area contributed by atoms with Crippen molar-refractivity contribution in [2.75, 3.05) is 21.3 Å². The highest BCUT2D eigenvalue weighted by Gasteiger charge is 2.43. The summed E-state index contributed by atoms with van der Waals surface area (Å²) in [6.07, 6.45) is -2.39. The van der Waals surface area contributed by atoms with Gasteiger partial charge >= 0.3 is 0 Å². The van der Waals surface area contributed by atoms with Crippen molar-refractivity contribution in [2.24, 2.45) is 0 Å². The summed E-state index contributed by atoms with van der Waals surface area (Å²) in [5, 5.41) is 40.5. The molecule has 0 aromatic heterocycles. The van der Waals surface area contributed by atoms with E-state index < -0.39 is 41.0 Å². The highest BCUT2D eigenvalue weighted by atomic mass is 16.5. The smallest absolute Gasteiger partial charge is 0.203 e. The van der Waals surface area contributed by atoms with Crippen LogP contribution in [0.2, 0.25) is 0 Å². The quantitative estimate of drug-likeness (QED) is 0.588. The number of Topliss-reactive ketones (excluding diaryl/α,β-unsaturated/α-hetero) is 1. The van der Waals surface area contributed by atoms with Crippen molar-refractivity contribution < 1.29 is 44.2 Å². The van der Waals surface area contributed by atoms with Gasteiger partial charge in [-0.25, -0.2) is 0 Å². The largest absolute Gasteiger partial charge is 0.504 e. The molecule has 3 rings (SSSR count). The number of ether oxygens (including phenoxy) is 4. The van der Waals surface area contributed by atoms with Gasteiger partial charge in [-0.2, -0.15) is 0 Å². The second kappa shape index (κ2) is 6.76. The summed E-state index contributed by atoms with van der Waals surface area (Å²) in [6, 6.07) is 4.05. The number of carbonyl (C=O) groups is 1. The minimum atomic E-state index is -1.25. The van der Waals surface area contributed by atoms with E-state index in [9.17, 15) is 25.2 Å². The van der Waals surface area contributed by atoms with Gasteiger partial charge in [0.25, 0.3) is 0 Å². The van der Waals surface area contributed by atoms with E-state index in [2.05, 4.69) is 0 Å². The van der Waals surface area contributed by atoms with Crippen molar-refractivity contribution in [1.82, 2.24) is 0 Å². The highest BCUT2D eigenvalue weighted by Crippen LogP contribution is 2.50. The second-order valence-electron chi connectivity index (χ2n) is 5.76. The minimum Gasteiger partial charge on any atom is -0.504 e. The van der Waals surface area contributed by atoms with Crippen LogP contribution in [0.4, 0.5) is 0 Å². The maximum atomic E-state index is 12.8. The first-order valence-electron chi connectivity index (χ1n) is 7.81. The van der Waals surface area contributed by atoms with Crippen molar-refractivity contribution in [3.8, 4) is 40.2 Å². The van der Waals surface area contributed by atoms with Crippen LogP contribution in [0.1, 0.15) is 22.0 Å². The number of methoxy groups -OCH3 is 3. The Morgan fingerprint density at radius 3 is 2.11 bits per heavy atom. The number of aromatic hydroxyl groups is 4. The van der Waals surface area contributed by atoms with Gasteiger partial charge < -0.3 is 39.4 Å². The summed E-state index contributed by atoms with van der Waals surface area (Å²) in [6.45, 7) is 0. The van der Waals surface area contributed by atoms with Crippen molar-refractivity contribution >= 4 is 5.78 Å². The molecular weight excluding hydrogens is 360 g/mol. The normalized spacial score (nSPS) is 18.6. The number of phenols is 4. The topological polar surface area (TPSA) is 135 Å². The van der Waals surface area contributed by atoms with E-state index in [1.807, 2.05) is 0 Å². The number of phenolic OH excluding ortho intramolecular Hbond substituents is 4. The molecule has 27 heavy (non-hydrogen) atoms. The van der Waals surface area contributed by atoms with Crippen LogP contribution in [0.25, 0.3) is 0 Å². The molecule has 0 saturated carbocycles. The number of hydrogen-bond donors (Lipinski definition) is 4. The van der Waals surface area contributed by atoms with Gasteiger partial charge in [-0.3, -0.25) is 4.79 Å². The third-order valence-electron chi connectivity index (χ3n) is 4.38. The molecule has 2 atom stereocenters. The number of hydrogen-bond acceptors (Lipinski definition) is 9. The van der Waals surface area contributed by atoms with Crippen molar-refractivity contribution in [3.63, 3.8) is 0 Å². The standard InChI is InChI=1S/C18H18O9/c1-24-8-5-4-7(12(19)13(8)20)17-18(26-3)16(23)11-9(27-17)6-10(25-2)14(21)15(11)22/h4-6,17-22H,1-3H3. The van der Waals surface area contributed by atoms with E-state index in [1.165, 1.54) is 39.5 Å². The molecule has 0 amide bonds. The van der Waals surface area contributed by atoms with E-state index in [0.717, 1.165) is 0 Å². The first kappa shape index (κ1) is 18.5. The Morgan fingerprint density at radius 1 is 0.889 bits per heavy atom. The lowest BCUT2D eigenvalue weighted by molar-refractivity contribution is -0.00201. The zero-order valence-corrected chi connectivity index (χ0v) is 14.7. The second-order valence-corrected chi connectivity index (χ2v) is 5.76. The summed E-state index contributed by atoms with van der Waals surface area (Å²) in [4.78, 5) is 12.8. The van der Waals surface area contributed by atoms with Gasteiger partial charge in [0.15, 0.2) is 35.2 Å². The average Bonchev–Trinajstić information content (AvgIpc) is 2.66. The predicted octanol–water partition coefficient (Wildman–Crippen LogP) is 1.86. The molecule has 2 unspecified atom stereocenters. The molecule has 144 valence electrons. The van der Waals surface area contributed by atoms with Crippen LogP contribution in [-0.4, -0.2) is 53.6 Å². The molecule has 9 nitrogen and oxygen atoms in total. The third-order valence-corrected chi connectivity index (χ3v) is 4.38. The summed E-state index contributed by atoms with van der Waals surface area (Å²) < 4.78 is 20.9. The Labute approximate surface area is 153 Å². The van der Waals surface area contributed by atoms with Crippen molar-refractivity contribution in [3.05, 3.63) is 29.3 Å². The minimum absolute atomic E-state index is 0.0389. The molecule has 0 spiro atoms. The van der Waals surface area contributed by atoms with Gasteiger partial charge in [-0.05, 0) is 12.1 Å². The fraction of sp³-hybridized carbons (Fsp3) is 0.278. The molecule has 9 heteroatoms. The van der Waals surface area contributed by atoms with E-state index in [0.29, 0.717) is 0 Å². The molecule has 4 N–H and O–H groups in total. The van der Waals surface area contributed by atoms with Gasteiger partial charge in [-0.1, -0.05) is 0 Å². The lowest BCUT2D eigenvalue weighted by Crippen LogP contribution is -2.37. The van der Waals surface area contributed by atoms with Gasteiger partial charge in [0.05, 0.1) is 14.2 Å². The van der Waals surface area contributed by atoms with Crippen molar-refractivity contribution in [2.45, 2.75) is 12.2 Å². The van der Waals surface area contributed by atoms with Gasteiger partial charge in [0.1, 0.15) is 11.3 Å². The molecule has 0 saturated heterocycles. The van der Waals surface area contributed by atoms with Gasteiger partial charge in [0.2, 0.25) is 17.3 Å². The van der Waals surface area contributed by atoms with Crippen LogP contribution in [0, 0.1) is 0 Å². The molecule has 2 aromatic rings. The van der Waals surface area contributed by atoms with Crippen LogP contribution in [-0.2, 0) is 4.74 Å². The number of carbonyl (C=O) groups excluding carboxylic acids is 1. The molecule has 0 fully saturated rings. The maximum Gasteiger partial charge on any atom is 0.203 e. The van der Waals surface area contributed by atoms with Crippen LogP contribution in [0.5, 0.6) is 40.2 Å². The molecule has 2 aromatic carbocycles. The Hall–Kier alpha value is -3.33. The van der Waals surface area contributed by atoms with E-state index >= 15 is 0 Å². The Kier molecular flexibility index (Phi) is 4.63. The molecule has 1 heterocycles. The number of ketones is 1. The summed E-state index contributed by atoms with van der Waals surface area (Å²) >= 11 is 0. The number of rotatable bonds is 4. The summed E-state index contributed by atoms with van der Waals surface area (Å²) in [5.74, 6) is -3.16. The van der Waals surface area contributed by atoms with E-state index in [4.69, 9.17) is 18.9 Å². The monoisotopic (exact) mass is 378 g/mol. The zero-order chi connectivity index (χ0) is 19.9. The average molecular weight is 378 g/mol. The number of fused-ring (bicyclic) bond motifs is 1. The first-order chi connectivity index (χ1) is 12.8. The lowest BCUT2D eigenvalue weighted by atomic mass is 9.91. The summed E-state index contributed by atoms with van der Waals surface area (Å²) in [7, 11) is 3.85.